The van der Waals surface area contributed by atoms with Gasteiger partial charge in [0.05, 0.1) is 12.7 Å². The van der Waals surface area contributed by atoms with Crippen molar-refractivity contribution < 1.29 is 13.9 Å². The van der Waals surface area contributed by atoms with Gasteiger partial charge in [0.15, 0.2) is 0 Å². The van der Waals surface area contributed by atoms with Crippen LogP contribution in [0, 0.1) is 12.7 Å². The highest BCUT2D eigenvalue weighted by molar-refractivity contribution is 5.91. The van der Waals surface area contributed by atoms with Gasteiger partial charge in [0, 0.05) is 36.5 Å². The average molecular weight is 304 g/mol. The minimum absolute atomic E-state index is 0.248. The number of fused-ring (bicyclic) bond motifs is 1. The maximum absolute atomic E-state index is 13.8. The Morgan fingerprint density at radius 2 is 2.36 bits per heavy atom. The van der Waals surface area contributed by atoms with Gasteiger partial charge in [0.25, 0.3) is 0 Å². The summed E-state index contributed by atoms with van der Waals surface area (Å²) in [6.45, 7) is 4.87. The fraction of sp³-hybridized carbons (Fsp3) is 0.471. The lowest BCUT2D eigenvalue weighted by Crippen LogP contribution is -2.15. The Kier molecular flexibility index (Phi) is 4.85. The summed E-state index contributed by atoms with van der Waals surface area (Å²) in [6.07, 6.45) is 2.13. The van der Waals surface area contributed by atoms with Crippen LogP contribution in [0.1, 0.15) is 18.5 Å². The van der Waals surface area contributed by atoms with E-state index in [1.165, 1.54) is 6.07 Å². The van der Waals surface area contributed by atoms with E-state index in [9.17, 15) is 4.39 Å². The molecule has 1 unspecified atom stereocenters. The minimum atomic E-state index is -0.284. The van der Waals surface area contributed by atoms with E-state index in [2.05, 4.69) is 10.3 Å². The lowest BCUT2D eigenvalue weighted by Gasteiger charge is -2.12. The van der Waals surface area contributed by atoms with Gasteiger partial charge in [-0.2, -0.15) is 0 Å². The van der Waals surface area contributed by atoms with E-state index in [4.69, 9.17) is 9.47 Å². The minimum Gasteiger partial charge on any atom is -0.384 e. The number of para-hydroxylation sites is 1. The summed E-state index contributed by atoms with van der Waals surface area (Å²) < 4.78 is 24.8. The van der Waals surface area contributed by atoms with Crippen molar-refractivity contribution in [3.63, 3.8) is 0 Å². The van der Waals surface area contributed by atoms with Crippen molar-refractivity contribution in [2.45, 2.75) is 25.9 Å². The number of hydrogen-bond acceptors (Lipinski definition) is 4. The zero-order valence-corrected chi connectivity index (χ0v) is 12.8. The molecule has 22 heavy (non-hydrogen) atoms. The molecule has 0 radical (unpaired) electrons. The molecule has 1 aliphatic rings. The number of pyridine rings is 1. The Morgan fingerprint density at radius 3 is 3.18 bits per heavy atom. The van der Waals surface area contributed by atoms with Crippen LogP contribution >= 0.6 is 0 Å². The van der Waals surface area contributed by atoms with Crippen molar-refractivity contribution >= 4 is 16.6 Å². The number of halogens is 1. The lowest BCUT2D eigenvalue weighted by molar-refractivity contribution is 0.0427. The van der Waals surface area contributed by atoms with Crippen molar-refractivity contribution in [3.8, 4) is 0 Å². The molecule has 0 bridgehead atoms. The van der Waals surface area contributed by atoms with Crippen LogP contribution < -0.4 is 5.32 Å². The Bertz CT molecular complexity index is 642. The number of aromatic nitrogens is 1. The van der Waals surface area contributed by atoms with Crippen molar-refractivity contribution in [2.24, 2.45) is 0 Å². The van der Waals surface area contributed by atoms with Crippen LogP contribution in [0.15, 0.2) is 24.3 Å². The molecule has 0 amide bonds. The molecule has 118 valence electrons. The maximum Gasteiger partial charge on any atom is 0.149 e. The van der Waals surface area contributed by atoms with E-state index in [0.29, 0.717) is 18.7 Å². The third-order valence-corrected chi connectivity index (χ3v) is 3.80. The topological polar surface area (TPSA) is 43.4 Å². The fourth-order valence-electron chi connectivity index (χ4n) is 2.68. The third kappa shape index (κ3) is 3.54. The van der Waals surface area contributed by atoms with Gasteiger partial charge in [0.2, 0.25) is 0 Å². The van der Waals surface area contributed by atoms with Crippen LogP contribution in [0.4, 0.5) is 10.1 Å². The Morgan fingerprint density at radius 1 is 1.45 bits per heavy atom. The molecule has 0 spiro atoms. The van der Waals surface area contributed by atoms with E-state index in [-0.39, 0.29) is 11.9 Å². The predicted octanol–water partition coefficient (Wildman–Crippen LogP) is 3.29. The van der Waals surface area contributed by atoms with Crippen molar-refractivity contribution in [1.82, 2.24) is 4.98 Å². The van der Waals surface area contributed by atoms with E-state index in [0.717, 1.165) is 42.8 Å². The number of nitrogens with zero attached hydrogens (tertiary/aromatic N) is 1. The Balaban J connectivity index is 1.58. The monoisotopic (exact) mass is 304 g/mol. The summed E-state index contributed by atoms with van der Waals surface area (Å²) in [5.41, 5.74) is 2.15. The zero-order valence-electron chi connectivity index (χ0n) is 12.8. The summed E-state index contributed by atoms with van der Waals surface area (Å²) in [5, 5.41) is 4.18. The first-order valence-electron chi connectivity index (χ1n) is 7.73. The highest BCUT2D eigenvalue weighted by atomic mass is 19.1. The van der Waals surface area contributed by atoms with E-state index < -0.39 is 0 Å². The molecule has 4 nitrogen and oxygen atoms in total. The van der Waals surface area contributed by atoms with Gasteiger partial charge in [-0.1, -0.05) is 12.1 Å². The molecule has 1 atom stereocenters. The number of nitrogens with one attached hydrogen (secondary N) is 1. The fourth-order valence-corrected chi connectivity index (χ4v) is 2.68. The van der Waals surface area contributed by atoms with E-state index in [1.54, 1.807) is 6.07 Å². The van der Waals surface area contributed by atoms with Gasteiger partial charge in [-0.3, -0.25) is 0 Å². The molecule has 3 rings (SSSR count). The highest BCUT2D eigenvalue weighted by Crippen LogP contribution is 2.25. The normalized spacial score (nSPS) is 18.0. The van der Waals surface area contributed by atoms with Gasteiger partial charge >= 0.3 is 0 Å². The summed E-state index contributed by atoms with van der Waals surface area (Å²) in [4.78, 5) is 4.28. The second kappa shape index (κ2) is 7.03. The third-order valence-electron chi connectivity index (χ3n) is 3.80. The largest absolute Gasteiger partial charge is 0.384 e. The first-order valence-corrected chi connectivity index (χ1v) is 7.73. The first-order chi connectivity index (χ1) is 10.7. The van der Waals surface area contributed by atoms with Gasteiger partial charge in [-0.25, -0.2) is 9.37 Å². The second-order valence-corrected chi connectivity index (χ2v) is 5.58. The number of aryl methyl sites for hydroxylation is 1. The van der Waals surface area contributed by atoms with Crippen LogP contribution in [-0.2, 0) is 9.47 Å². The van der Waals surface area contributed by atoms with Crippen molar-refractivity contribution in [2.75, 3.05) is 31.7 Å². The van der Waals surface area contributed by atoms with Gasteiger partial charge in [-0.05, 0) is 31.9 Å². The molecule has 1 N–H and O–H groups in total. The van der Waals surface area contributed by atoms with Crippen LogP contribution in [0.25, 0.3) is 10.9 Å². The van der Waals surface area contributed by atoms with Gasteiger partial charge < -0.3 is 14.8 Å². The molecule has 1 aromatic carbocycles. The van der Waals surface area contributed by atoms with Crippen molar-refractivity contribution in [1.29, 1.82) is 0 Å². The van der Waals surface area contributed by atoms with Gasteiger partial charge in [0.1, 0.15) is 11.3 Å². The van der Waals surface area contributed by atoms with E-state index in [1.807, 2.05) is 19.1 Å². The Hall–Kier alpha value is -1.72. The van der Waals surface area contributed by atoms with Crippen LogP contribution in [0.3, 0.4) is 0 Å². The predicted molar refractivity (Wildman–Crippen MR) is 84.7 cm³/mol. The number of ether oxygens (including phenoxy) is 2. The molecule has 0 aliphatic carbocycles. The first kappa shape index (κ1) is 15.2. The summed E-state index contributed by atoms with van der Waals surface area (Å²) in [7, 11) is 0. The van der Waals surface area contributed by atoms with Crippen LogP contribution in [-0.4, -0.2) is 37.5 Å². The smallest absolute Gasteiger partial charge is 0.149 e. The maximum atomic E-state index is 13.8. The zero-order chi connectivity index (χ0) is 15.4. The Labute approximate surface area is 129 Å². The molecule has 2 heterocycles. The van der Waals surface area contributed by atoms with Crippen LogP contribution in [0.5, 0.6) is 0 Å². The van der Waals surface area contributed by atoms with Crippen LogP contribution in [0.2, 0.25) is 0 Å². The SMILES string of the molecule is Cc1cc(NCCCOC2CCOC2)c2cccc(F)c2n1. The molecule has 1 fully saturated rings. The highest BCUT2D eigenvalue weighted by Gasteiger charge is 2.15. The molecule has 1 aliphatic heterocycles. The quantitative estimate of drug-likeness (QED) is 0.832. The van der Waals surface area contributed by atoms with Crippen molar-refractivity contribution in [3.05, 3.63) is 35.8 Å². The molecular formula is C17H21FN2O2. The molecule has 2 aromatic rings. The van der Waals surface area contributed by atoms with E-state index >= 15 is 0 Å². The lowest BCUT2D eigenvalue weighted by atomic mass is 10.1. The molecule has 0 saturated carbocycles. The molecular weight excluding hydrogens is 283 g/mol. The number of hydrogen-bond donors (Lipinski definition) is 1. The molecule has 5 heteroatoms. The standard InChI is InChI=1S/C17H21FN2O2/c1-12-10-16(14-4-2-5-15(18)17(14)20-12)19-7-3-8-22-13-6-9-21-11-13/h2,4-5,10,13H,3,6-9,11H2,1H3,(H,19,20). The molecule has 1 aromatic heterocycles. The number of rotatable bonds is 6. The summed E-state index contributed by atoms with van der Waals surface area (Å²) >= 11 is 0. The summed E-state index contributed by atoms with van der Waals surface area (Å²) in [6, 6.07) is 6.99. The summed E-state index contributed by atoms with van der Waals surface area (Å²) in [5.74, 6) is -0.284. The van der Waals surface area contributed by atoms with Gasteiger partial charge in [-0.15, -0.1) is 0 Å². The molecule has 1 saturated heterocycles. The average Bonchev–Trinajstić information content (AvgIpc) is 3.01. The second-order valence-electron chi connectivity index (χ2n) is 5.58. The number of benzene rings is 1. The number of anilines is 1.